The van der Waals surface area contributed by atoms with Gasteiger partial charge in [-0.3, -0.25) is 9.69 Å². The Balaban J connectivity index is 1.56. The standard InChI is InChI=1S/C19H23ClN2OS/c20-18-14-7-1-2-9-16(14)24-17(18)13-22-12-4-3-8-15(22)19(23)21-10-5-6-11-21/h1-2,7,9,15H,3-6,8,10-13H2. The number of nitrogens with zero attached hydrogens (tertiary/aromatic N) is 2. The lowest BCUT2D eigenvalue weighted by molar-refractivity contribution is -0.137. The topological polar surface area (TPSA) is 23.6 Å². The molecule has 2 fully saturated rings. The van der Waals surface area contributed by atoms with E-state index in [1.54, 1.807) is 11.3 Å². The molecule has 0 bridgehead atoms. The van der Waals surface area contributed by atoms with Crippen LogP contribution in [-0.2, 0) is 11.3 Å². The summed E-state index contributed by atoms with van der Waals surface area (Å²) in [5.41, 5.74) is 0. The van der Waals surface area contributed by atoms with Crippen LogP contribution in [0.3, 0.4) is 0 Å². The molecule has 1 unspecified atom stereocenters. The van der Waals surface area contributed by atoms with Gasteiger partial charge in [0.1, 0.15) is 0 Å². The summed E-state index contributed by atoms with van der Waals surface area (Å²) in [5, 5.41) is 2.01. The van der Waals surface area contributed by atoms with E-state index in [1.807, 2.05) is 6.07 Å². The van der Waals surface area contributed by atoms with E-state index in [-0.39, 0.29) is 6.04 Å². The van der Waals surface area contributed by atoms with Gasteiger partial charge in [-0.1, -0.05) is 36.2 Å². The van der Waals surface area contributed by atoms with Crippen molar-refractivity contribution < 1.29 is 4.79 Å². The van der Waals surface area contributed by atoms with E-state index in [2.05, 4.69) is 28.0 Å². The number of piperidine rings is 1. The molecule has 2 aliphatic rings. The van der Waals surface area contributed by atoms with Crippen LogP contribution in [0.5, 0.6) is 0 Å². The molecule has 1 atom stereocenters. The molecule has 128 valence electrons. The summed E-state index contributed by atoms with van der Waals surface area (Å²) in [5.74, 6) is 0.337. The number of thiophene rings is 1. The van der Waals surface area contributed by atoms with E-state index in [0.29, 0.717) is 5.91 Å². The van der Waals surface area contributed by atoms with Crippen LogP contribution in [-0.4, -0.2) is 41.4 Å². The van der Waals surface area contributed by atoms with Crippen molar-refractivity contribution in [2.75, 3.05) is 19.6 Å². The maximum atomic E-state index is 12.9. The predicted octanol–water partition coefficient (Wildman–Crippen LogP) is 4.53. The van der Waals surface area contributed by atoms with Crippen LogP contribution in [0.2, 0.25) is 5.02 Å². The Morgan fingerprint density at radius 3 is 2.67 bits per heavy atom. The molecule has 2 saturated heterocycles. The van der Waals surface area contributed by atoms with Gasteiger partial charge in [-0.15, -0.1) is 11.3 Å². The molecule has 1 aromatic carbocycles. The van der Waals surface area contributed by atoms with Crippen molar-refractivity contribution >= 4 is 38.9 Å². The van der Waals surface area contributed by atoms with Crippen LogP contribution in [0.1, 0.15) is 37.0 Å². The number of hydrogen-bond donors (Lipinski definition) is 0. The number of likely N-dealkylation sites (tertiary alicyclic amines) is 2. The molecule has 3 nitrogen and oxygen atoms in total. The van der Waals surface area contributed by atoms with Crippen LogP contribution in [0.15, 0.2) is 24.3 Å². The third kappa shape index (κ3) is 3.07. The normalized spacial score (nSPS) is 22.4. The Labute approximate surface area is 152 Å². The summed E-state index contributed by atoms with van der Waals surface area (Å²) in [4.78, 5) is 18.5. The molecule has 0 N–H and O–H groups in total. The first kappa shape index (κ1) is 16.4. The molecule has 0 saturated carbocycles. The van der Waals surface area contributed by atoms with Gasteiger partial charge in [0, 0.05) is 34.6 Å². The highest BCUT2D eigenvalue weighted by Gasteiger charge is 2.33. The lowest BCUT2D eigenvalue weighted by atomic mass is 10.0. The summed E-state index contributed by atoms with van der Waals surface area (Å²) >= 11 is 8.38. The fourth-order valence-electron chi connectivity index (χ4n) is 3.96. The second-order valence-electron chi connectivity index (χ2n) is 6.85. The Morgan fingerprint density at radius 1 is 1.12 bits per heavy atom. The van der Waals surface area contributed by atoms with E-state index in [9.17, 15) is 4.79 Å². The molecule has 1 amide bonds. The fourth-order valence-corrected chi connectivity index (χ4v) is 5.48. The number of halogens is 1. The molecule has 3 heterocycles. The Morgan fingerprint density at radius 2 is 1.88 bits per heavy atom. The van der Waals surface area contributed by atoms with Crippen molar-refractivity contribution in [2.45, 2.75) is 44.7 Å². The minimum absolute atomic E-state index is 0.0399. The number of benzene rings is 1. The second kappa shape index (κ2) is 7.03. The van der Waals surface area contributed by atoms with E-state index >= 15 is 0 Å². The Kier molecular flexibility index (Phi) is 4.79. The van der Waals surface area contributed by atoms with Crippen LogP contribution in [0, 0.1) is 0 Å². The van der Waals surface area contributed by atoms with E-state index in [0.717, 1.165) is 62.3 Å². The monoisotopic (exact) mass is 362 g/mol. The zero-order valence-electron chi connectivity index (χ0n) is 13.8. The average Bonchev–Trinajstić information content (AvgIpc) is 3.25. The third-order valence-electron chi connectivity index (χ3n) is 5.26. The van der Waals surface area contributed by atoms with Gasteiger partial charge in [0.25, 0.3) is 0 Å². The summed E-state index contributed by atoms with van der Waals surface area (Å²) in [6.45, 7) is 3.66. The molecule has 0 radical (unpaired) electrons. The zero-order valence-corrected chi connectivity index (χ0v) is 15.4. The minimum Gasteiger partial charge on any atom is -0.341 e. The summed E-state index contributed by atoms with van der Waals surface area (Å²) in [6, 6.07) is 8.34. The smallest absolute Gasteiger partial charge is 0.239 e. The van der Waals surface area contributed by atoms with Crippen LogP contribution >= 0.6 is 22.9 Å². The first-order valence-corrected chi connectivity index (χ1v) is 10.1. The maximum absolute atomic E-state index is 12.9. The van der Waals surface area contributed by atoms with Crippen molar-refractivity contribution in [3.8, 4) is 0 Å². The van der Waals surface area contributed by atoms with Gasteiger partial charge in [0.05, 0.1) is 11.1 Å². The van der Waals surface area contributed by atoms with E-state index < -0.39 is 0 Å². The molecule has 24 heavy (non-hydrogen) atoms. The van der Waals surface area contributed by atoms with Crippen LogP contribution in [0.25, 0.3) is 10.1 Å². The molecule has 5 heteroatoms. The molecule has 0 spiro atoms. The zero-order chi connectivity index (χ0) is 16.5. The summed E-state index contributed by atoms with van der Waals surface area (Å²) in [6.07, 6.45) is 5.62. The van der Waals surface area contributed by atoms with Crippen molar-refractivity contribution in [2.24, 2.45) is 0 Å². The number of carbonyl (C=O) groups is 1. The van der Waals surface area contributed by atoms with Gasteiger partial charge in [0.2, 0.25) is 5.91 Å². The SMILES string of the molecule is O=C(C1CCCCN1Cc1sc2ccccc2c1Cl)N1CCCC1. The largest absolute Gasteiger partial charge is 0.341 e. The van der Waals surface area contributed by atoms with Gasteiger partial charge in [-0.05, 0) is 38.3 Å². The molecular weight excluding hydrogens is 340 g/mol. The number of carbonyl (C=O) groups excluding carboxylic acids is 1. The average molecular weight is 363 g/mol. The highest BCUT2D eigenvalue weighted by atomic mass is 35.5. The fraction of sp³-hybridized carbons (Fsp3) is 0.526. The van der Waals surface area contributed by atoms with Gasteiger partial charge < -0.3 is 4.90 Å². The molecule has 2 aliphatic heterocycles. The molecule has 1 aromatic heterocycles. The van der Waals surface area contributed by atoms with Crippen LogP contribution in [0.4, 0.5) is 0 Å². The number of hydrogen-bond acceptors (Lipinski definition) is 3. The Hall–Kier alpha value is -1.10. The van der Waals surface area contributed by atoms with Gasteiger partial charge >= 0.3 is 0 Å². The van der Waals surface area contributed by atoms with E-state index in [4.69, 9.17) is 11.6 Å². The molecule has 0 aliphatic carbocycles. The number of fused-ring (bicyclic) bond motifs is 1. The first-order valence-electron chi connectivity index (χ1n) is 8.93. The second-order valence-corrected chi connectivity index (χ2v) is 8.36. The summed E-state index contributed by atoms with van der Waals surface area (Å²) in [7, 11) is 0. The van der Waals surface area contributed by atoms with Crippen molar-refractivity contribution in [1.82, 2.24) is 9.80 Å². The third-order valence-corrected chi connectivity index (χ3v) is 6.96. The highest BCUT2D eigenvalue weighted by molar-refractivity contribution is 7.19. The van der Waals surface area contributed by atoms with Gasteiger partial charge in [-0.25, -0.2) is 0 Å². The highest BCUT2D eigenvalue weighted by Crippen LogP contribution is 2.37. The maximum Gasteiger partial charge on any atom is 0.239 e. The van der Waals surface area contributed by atoms with E-state index in [1.165, 1.54) is 16.0 Å². The number of amides is 1. The van der Waals surface area contributed by atoms with Crippen LogP contribution < -0.4 is 0 Å². The molecule has 2 aromatic rings. The van der Waals surface area contributed by atoms with Crippen molar-refractivity contribution in [1.29, 1.82) is 0 Å². The van der Waals surface area contributed by atoms with Gasteiger partial charge in [-0.2, -0.15) is 0 Å². The lowest BCUT2D eigenvalue weighted by Gasteiger charge is -2.36. The lowest BCUT2D eigenvalue weighted by Crippen LogP contribution is -2.49. The predicted molar refractivity (Wildman–Crippen MR) is 101 cm³/mol. The quantitative estimate of drug-likeness (QED) is 0.800. The number of rotatable bonds is 3. The molecular formula is C19H23ClN2OS. The summed E-state index contributed by atoms with van der Waals surface area (Å²) < 4.78 is 1.23. The van der Waals surface area contributed by atoms with Crippen molar-refractivity contribution in [3.63, 3.8) is 0 Å². The minimum atomic E-state index is 0.0399. The first-order chi connectivity index (χ1) is 11.7. The Bertz CT molecular complexity index is 738. The molecule has 4 rings (SSSR count). The van der Waals surface area contributed by atoms with Gasteiger partial charge in [0.15, 0.2) is 0 Å². The van der Waals surface area contributed by atoms with Crippen molar-refractivity contribution in [3.05, 3.63) is 34.2 Å².